The van der Waals surface area contributed by atoms with Gasteiger partial charge in [-0.25, -0.2) is 4.68 Å². The highest BCUT2D eigenvalue weighted by Crippen LogP contribution is 2.29. The molecule has 0 radical (unpaired) electrons. The fourth-order valence-electron chi connectivity index (χ4n) is 1.44. The lowest BCUT2D eigenvalue weighted by Gasteiger charge is -2.12. The Kier molecular flexibility index (Phi) is 2.73. The van der Waals surface area contributed by atoms with Crippen molar-refractivity contribution in [2.75, 3.05) is 19.0 Å². The highest BCUT2D eigenvalue weighted by molar-refractivity contribution is 5.60. The highest BCUT2D eigenvalue weighted by Gasteiger charge is 2.25. The molecule has 0 aliphatic rings. The van der Waals surface area contributed by atoms with E-state index in [0.29, 0.717) is 18.1 Å². The van der Waals surface area contributed by atoms with E-state index < -0.39 is 0 Å². The molecule has 0 amide bonds. The zero-order valence-corrected chi connectivity index (χ0v) is 8.81. The van der Waals surface area contributed by atoms with Gasteiger partial charge in [0, 0.05) is 20.6 Å². The molecule has 0 aliphatic carbocycles. The molecule has 0 unspecified atom stereocenters. The highest BCUT2D eigenvalue weighted by atomic mass is 16.6. The maximum Gasteiger partial charge on any atom is 0.333 e. The predicted octanol–water partition coefficient (Wildman–Crippen LogP) is 1.19. The van der Waals surface area contributed by atoms with Crippen molar-refractivity contribution in [3.63, 3.8) is 0 Å². The largest absolute Gasteiger partial charge is 0.357 e. The van der Waals surface area contributed by atoms with Gasteiger partial charge in [0.15, 0.2) is 0 Å². The zero-order chi connectivity index (χ0) is 10.9. The van der Waals surface area contributed by atoms with Crippen molar-refractivity contribution >= 4 is 11.5 Å². The summed E-state index contributed by atoms with van der Waals surface area (Å²) in [6, 6.07) is 0. The average Bonchev–Trinajstić information content (AvgIpc) is 2.41. The topological polar surface area (TPSA) is 64.2 Å². The average molecular weight is 198 g/mol. The third-order valence-electron chi connectivity index (χ3n) is 1.98. The minimum absolute atomic E-state index is 0.0943. The van der Waals surface area contributed by atoms with Crippen LogP contribution in [0.2, 0.25) is 0 Å². The van der Waals surface area contributed by atoms with Crippen LogP contribution < -0.4 is 4.90 Å². The molecule has 6 nitrogen and oxygen atoms in total. The summed E-state index contributed by atoms with van der Waals surface area (Å²) in [7, 11) is 3.55. The first-order valence-corrected chi connectivity index (χ1v) is 4.38. The normalized spacial score (nSPS) is 10.3. The van der Waals surface area contributed by atoms with Crippen LogP contribution in [0.4, 0.5) is 11.5 Å². The first kappa shape index (κ1) is 10.5. The van der Waals surface area contributed by atoms with Gasteiger partial charge in [0.2, 0.25) is 5.82 Å². The molecular weight excluding hydrogens is 184 g/mol. The molecule has 0 spiro atoms. The Morgan fingerprint density at radius 3 is 2.50 bits per heavy atom. The molecule has 0 aromatic carbocycles. The number of nitro groups is 1. The Labute approximate surface area is 82.3 Å². The standard InChI is InChI=1S/C8H14N4O2/c1-5-11-8(10(3)4)7(12(13)14)6(2)9-11/h5H2,1-4H3. The second-order valence-electron chi connectivity index (χ2n) is 3.22. The Balaban J connectivity index is 3.38. The molecule has 0 fully saturated rings. The van der Waals surface area contributed by atoms with Crippen LogP contribution in [0.3, 0.4) is 0 Å². The minimum Gasteiger partial charge on any atom is -0.357 e. The smallest absolute Gasteiger partial charge is 0.333 e. The van der Waals surface area contributed by atoms with Crippen LogP contribution in [0.15, 0.2) is 0 Å². The van der Waals surface area contributed by atoms with Crippen LogP contribution >= 0.6 is 0 Å². The quantitative estimate of drug-likeness (QED) is 0.540. The summed E-state index contributed by atoms with van der Waals surface area (Å²) in [4.78, 5) is 12.1. The van der Waals surface area contributed by atoms with E-state index in [0.717, 1.165) is 0 Å². The SMILES string of the molecule is CCn1nc(C)c([N+](=O)[O-])c1N(C)C. The molecule has 0 saturated carbocycles. The number of aryl methyl sites for hydroxylation is 2. The van der Waals surface area contributed by atoms with Crippen molar-refractivity contribution in [2.24, 2.45) is 0 Å². The molecule has 6 heteroatoms. The Bertz CT molecular complexity index is 356. The van der Waals surface area contributed by atoms with Gasteiger partial charge in [0.1, 0.15) is 5.69 Å². The lowest BCUT2D eigenvalue weighted by molar-refractivity contribution is -0.384. The molecule has 0 saturated heterocycles. The van der Waals surface area contributed by atoms with E-state index in [1.807, 2.05) is 6.92 Å². The Morgan fingerprint density at radius 2 is 2.14 bits per heavy atom. The fourth-order valence-corrected chi connectivity index (χ4v) is 1.44. The van der Waals surface area contributed by atoms with E-state index in [1.54, 1.807) is 30.6 Å². The van der Waals surface area contributed by atoms with Gasteiger partial charge in [-0.2, -0.15) is 5.10 Å². The van der Waals surface area contributed by atoms with Crippen molar-refractivity contribution in [3.05, 3.63) is 15.8 Å². The maximum atomic E-state index is 10.8. The summed E-state index contributed by atoms with van der Waals surface area (Å²) in [6.45, 7) is 4.18. The molecular formula is C8H14N4O2. The summed E-state index contributed by atoms with van der Waals surface area (Å²) in [5.41, 5.74) is 0.553. The Morgan fingerprint density at radius 1 is 1.57 bits per heavy atom. The summed E-state index contributed by atoms with van der Waals surface area (Å²) >= 11 is 0. The zero-order valence-electron chi connectivity index (χ0n) is 8.81. The van der Waals surface area contributed by atoms with Gasteiger partial charge >= 0.3 is 5.69 Å². The second-order valence-corrected chi connectivity index (χ2v) is 3.22. The molecule has 1 heterocycles. The van der Waals surface area contributed by atoms with Crippen LogP contribution in [-0.2, 0) is 6.54 Å². The molecule has 0 atom stereocenters. The van der Waals surface area contributed by atoms with Crippen molar-refractivity contribution in [1.82, 2.24) is 9.78 Å². The van der Waals surface area contributed by atoms with Gasteiger partial charge < -0.3 is 4.90 Å². The first-order chi connectivity index (χ1) is 6.49. The molecule has 14 heavy (non-hydrogen) atoms. The molecule has 0 N–H and O–H groups in total. The number of nitrogens with zero attached hydrogens (tertiary/aromatic N) is 4. The van der Waals surface area contributed by atoms with Crippen molar-refractivity contribution in [2.45, 2.75) is 20.4 Å². The first-order valence-electron chi connectivity index (χ1n) is 4.38. The summed E-state index contributed by atoms with van der Waals surface area (Å²) in [5, 5.41) is 14.9. The summed E-state index contributed by atoms with van der Waals surface area (Å²) in [6.07, 6.45) is 0. The van der Waals surface area contributed by atoms with Gasteiger partial charge in [-0.15, -0.1) is 0 Å². The van der Waals surface area contributed by atoms with Gasteiger partial charge in [-0.05, 0) is 13.8 Å². The molecule has 0 aliphatic heterocycles. The minimum atomic E-state index is -0.385. The summed E-state index contributed by atoms with van der Waals surface area (Å²) in [5.74, 6) is 0.551. The molecule has 78 valence electrons. The van der Waals surface area contributed by atoms with E-state index >= 15 is 0 Å². The maximum absolute atomic E-state index is 10.8. The van der Waals surface area contributed by atoms with E-state index in [9.17, 15) is 10.1 Å². The summed E-state index contributed by atoms with van der Waals surface area (Å²) < 4.78 is 1.63. The van der Waals surface area contributed by atoms with E-state index in [2.05, 4.69) is 5.10 Å². The van der Waals surface area contributed by atoms with Crippen molar-refractivity contribution in [1.29, 1.82) is 0 Å². The van der Waals surface area contributed by atoms with Crippen LogP contribution in [0.5, 0.6) is 0 Å². The third-order valence-corrected chi connectivity index (χ3v) is 1.98. The van der Waals surface area contributed by atoms with Crippen LogP contribution in [0.25, 0.3) is 0 Å². The van der Waals surface area contributed by atoms with E-state index in [-0.39, 0.29) is 10.6 Å². The van der Waals surface area contributed by atoms with Gasteiger partial charge in [0.25, 0.3) is 0 Å². The number of anilines is 1. The van der Waals surface area contributed by atoms with Crippen molar-refractivity contribution in [3.8, 4) is 0 Å². The second kappa shape index (κ2) is 3.65. The lowest BCUT2D eigenvalue weighted by atomic mass is 10.4. The lowest BCUT2D eigenvalue weighted by Crippen LogP contribution is -2.15. The fraction of sp³-hybridized carbons (Fsp3) is 0.625. The van der Waals surface area contributed by atoms with Crippen molar-refractivity contribution < 1.29 is 4.92 Å². The number of rotatable bonds is 3. The predicted molar refractivity (Wildman–Crippen MR) is 53.6 cm³/mol. The van der Waals surface area contributed by atoms with Gasteiger partial charge in [-0.3, -0.25) is 10.1 Å². The monoisotopic (exact) mass is 198 g/mol. The van der Waals surface area contributed by atoms with Crippen LogP contribution in [0, 0.1) is 17.0 Å². The molecule has 1 aromatic heterocycles. The van der Waals surface area contributed by atoms with Gasteiger partial charge in [0.05, 0.1) is 4.92 Å². The molecule has 1 aromatic rings. The van der Waals surface area contributed by atoms with E-state index in [4.69, 9.17) is 0 Å². The van der Waals surface area contributed by atoms with Crippen LogP contribution in [0.1, 0.15) is 12.6 Å². The van der Waals surface area contributed by atoms with Gasteiger partial charge in [-0.1, -0.05) is 0 Å². The van der Waals surface area contributed by atoms with Crippen LogP contribution in [-0.4, -0.2) is 28.8 Å². The number of aromatic nitrogens is 2. The third kappa shape index (κ3) is 1.55. The molecule has 1 rings (SSSR count). The Hall–Kier alpha value is -1.59. The molecule has 0 bridgehead atoms. The van der Waals surface area contributed by atoms with E-state index in [1.165, 1.54) is 0 Å². The number of hydrogen-bond acceptors (Lipinski definition) is 4. The number of hydrogen-bond donors (Lipinski definition) is 0.